The number of nitrogens with one attached hydrogen (secondary N) is 2. The number of rotatable bonds is 6. The second-order valence-corrected chi connectivity index (χ2v) is 6.01. The third kappa shape index (κ3) is 5.50. The van der Waals surface area contributed by atoms with Crippen LogP contribution in [0.4, 0.5) is 11.4 Å². The number of carbonyl (C=O) groups excluding carboxylic acids is 1. The number of ether oxygens (including phenoxy) is 1. The van der Waals surface area contributed by atoms with Gasteiger partial charge < -0.3 is 15.4 Å². The van der Waals surface area contributed by atoms with Crippen molar-refractivity contribution in [2.45, 2.75) is 6.42 Å². The zero-order valence-corrected chi connectivity index (χ0v) is 14.6. The van der Waals surface area contributed by atoms with Crippen molar-refractivity contribution in [1.82, 2.24) is 0 Å². The summed E-state index contributed by atoms with van der Waals surface area (Å²) in [4.78, 5) is 11.9. The maximum absolute atomic E-state index is 11.9. The molecule has 0 atom stereocenters. The summed E-state index contributed by atoms with van der Waals surface area (Å²) >= 11 is 17.8. The fourth-order valence-corrected chi connectivity index (χ4v) is 2.73. The zero-order chi connectivity index (χ0) is 16.8. The molecular formula is C16H15Cl3N2O2. The Morgan fingerprint density at radius 2 is 1.74 bits per heavy atom. The highest BCUT2D eigenvalue weighted by Crippen LogP contribution is 2.27. The van der Waals surface area contributed by atoms with E-state index in [2.05, 4.69) is 10.6 Å². The van der Waals surface area contributed by atoms with E-state index >= 15 is 0 Å². The van der Waals surface area contributed by atoms with E-state index in [9.17, 15) is 4.79 Å². The molecule has 0 aliphatic rings. The number of amides is 1. The quantitative estimate of drug-likeness (QED) is 0.741. The molecule has 122 valence electrons. The van der Waals surface area contributed by atoms with Crippen molar-refractivity contribution in [3.8, 4) is 5.75 Å². The van der Waals surface area contributed by atoms with E-state index in [-0.39, 0.29) is 12.3 Å². The van der Waals surface area contributed by atoms with Crippen LogP contribution >= 0.6 is 34.8 Å². The highest BCUT2D eigenvalue weighted by Gasteiger charge is 2.05. The molecule has 0 unspecified atom stereocenters. The van der Waals surface area contributed by atoms with Gasteiger partial charge in [0.05, 0.1) is 12.1 Å². The highest BCUT2D eigenvalue weighted by atomic mass is 35.5. The second-order valence-electron chi connectivity index (χ2n) is 4.73. The molecule has 0 saturated carbocycles. The smallest absolute Gasteiger partial charge is 0.226 e. The van der Waals surface area contributed by atoms with Gasteiger partial charge in [-0.2, -0.15) is 0 Å². The third-order valence-corrected chi connectivity index (χ3v) is 3.71. The fourth-order valence-electron chi connectivity index (χ4n) is 1.95. The maximum Gasteiger partial charge on any atom is 0.226 e. The Labute approximate surface area is 149 Å². The van der Waals surface area contributed by atoms with Gasteiger partial charge in [0.2, 0.25) is 5.91 Å². The molecule has 2 aromatic rings. The molecule has 4 nitrogen and oxygen atoms in total. The first-order valence-electron chi connectivity index (χ1n) is 6.81. The van der Waals surface area contributed by atoms with Gasteiger partial charge in [0.1, 0.15) is 5.75 Å². The van der Waals surface area contributed by atoms with Crippen LogP contribution < -0.4 is 15.4 Å². The molecular weight excluding hydrogens is 359 g/mol. The number of hydrogen-bond acceptors (Lipinski definition) is 3. The van der Waals surface area contributed by atoms with Gasteiger partial charge in [0.15, 0.2) is 0 Å². The van der Waals surface area contributed by atoms with Crippen molar-refractivity contribution in [1.29, 1.82) is 0 Å². The molecule has 0 aliphatic heterocycles. The van der Waals surface area contributed by atoms with Crippen LogP contribution in [0.3, 0.4) is 0 Å². The maximum atomic E-state index is 11.9. The minimum Gasteiger partial charge on any atom is -0.495 e. The lowest BCUT2D eigenvalue weighted by molar-refractivity contribution is -0.115. The molecule has 0 radical (unpaired) electrons. The average Bonchev–Trinajstić information content (AvgIpc) is 2.46. The summed E-state index contributed by atoms with van der Waals surface area (Å²) in [6.07, 6.45) is 0.285. The van der Waals surface area contributed by atoms with Gasteiger partial charge in [0.25, 0.3) is 0 Å². The third-order valence-electron chi connectivity index (χ3n) is 2.98. The number of benzene rings is 2. The van der Waals surface area contributed by atoms with Gasteiger partial charge in [-0.1, -0.05) is 34.8 Å². The molecule has 0 bridgehead atoms. The van der Waals surface area contributed by atoms with E-state index in [0.717, 1.165) is 5.69 Å². The number of hydrogen-bond donors (Lipinski definition) is 2. The topological polar surface area (TPSA) is 50.4 Å². The normalized spacial score (nSPS) is 10.3. The molecule has 2 N–H and O–H groups in total. The molecule has 1 amide bonds. The first kappa shape index (κ1) is 17.7. The SMILES string of the molecule is COc1ccc(NCCC(=O)Nc2cc(Cl)cc(Cl)c2)cc1Cl. The Morgan fingerprint density at radius 3 is 2.35 bits per heavy atom. The van der Waals surface area contributed by atoms with Crippen molar-refractivity contribution in [3.63, 3.8) is 0 Å². The Kier molecular flexibility index (Phi) is 6.39. The van der Waals surface area contributed by atoms with Gasteiger partial charge in [-0.3, -0.25) is 4.79 Å². The second kappa shape index (κ2) is 8.29. The highest BCUT2D eigenvalue weighted by molar-refractivity contribution is 6.35. The van der Waals surface area contributed by atoms with Crippen LogP contribution in [0.1, 0.15) is 6.42 Å². The van der Waals surface area contributed by atoms with Gasteiger partial charge >= 0.3 is 0 Å². The molecule has 2 aromatic carbocycles. The number of anilines is 2. The summed E-state index contributed by atoms with van der Waals surface area (Å²) in [5, 5.41) is 7.32. The summed E-state index contributed by atoms with van der Waals surface area (Å²) in [5.41, 5.74) is 1.38. The monoisotopic (exact) mass is 372 g/mol. The summed E-state index contributed by atoms with van der Waals surface area (Å²) in [5.74, 6) is 0.461. The van der Waals surface area contributed by atoms with Crippen molar-refractivity contribution in [3.05, 3.63) is 51.5 Å². The molecule has 2 rings (SSSR count). The van der Waals surface area contributed by atoms with Gasteiger partial charge in [-0.05, 0) is 36.4 Å². The lowest BCUT2D eigenvalue weighted by Gasteiger charge is -2.10. The lowest BCUT2D eigenvalue weighted by atomic mass is 10.2. The van der Waals surface area contributed by atoms with E-state index in [0.29, 0.717) is 33.0 Å². The van der Waals surface area contributed by atoms with Gasteiger partial charge in [-0.15, -0.1) is 0 Å². The van der Waals surface area contributed by atoms with Gasteiger partial charge in [0, 0.05) is 34.4 Å². The predicted octanol–water partition coefficient (Wildman–Crippen LogP) is 5.10. The fraction of sp³-hybridized carbons (Fsp3) is 0.188. The van der Waals surface area contributed by atoms with Crippen molar-refractivity contribution >= 4 is 52.1 Å². The Hall–Kier alpha value is -1.62. The average molecular weight is 374 g/mol. The largest absolute Gasteiger partial charge is 0.495 e. The van der Waals surface area contributed by atoms with Crippen LogP contribution in [0, 0.1) is 0 Å². The molecule has 0 aromatic heterocycles. The zero-order valence-electron chi connectivity index (χ0n) is 12.3. The molecule has 23 heavy (non-hydrogen) atoms. The Bertz CT molecular complexity index is 687. The number of carbonyl (C=O) groups is 1. The van der Waals surface area contributed by atoms with Crippen LogP contribution in [0.25, 0.3) is 0 Å². The minimum absolute atomic E-state index is 0.143. The molecule has 0 fully saturated rings. The molecule has 0 spiro atoms. The van der Waals surface area contributed by atoms with Crippen LogP contribution in [0.15, 0.2) is 36.4 Å². The Balaban J connectivity index is 1.84. The molecule has 0 heterocycles. The van der Waals surface area contributed by atoms with Crippen LogP contribution in [-0.2, 0) is 4.79 Å². The number of halogens is 3. The predicted molar refractivity (Wildman–Crippen MR) is 96.2 cm³/mol. The summed E-state index contributed by atoms with van der Waals surface area (Å²) in [6, 6.07) is 10.2. The molecule has 0 aliphatic carbocycles. The standard InChI is InChI=1S/C16H15Cl3N2O2/c1-23-15-3-2-12(9-14(15)19)20-5-4-16(22)21-13-7-10(17)6-11(18)8-13/h2-3,6-9,20H,4-5H2,1H3,(H,21,22). The van der Waals surface area contributed by atoms with E-state index in [4.69, 9.17) is 39.5 Å². The van der Waals surface area contributed by atoms with Crippen molar-refractivity contribution in [2.24, 2.45) is 0 Å². The van der Waals surface area contributed by atoms with E-state index in [1.165, 1.54) is 0 Å². The lowest BCUT2D eigenvalue weighted by Crippen LogP contribution is -2.16. The molecule has 0 saturated heterocycles. The first-order chi connectivity index (χ1) is 11.0. The summed E-state index contributed by atoms with van der Waals surface area (Å²) < 4.78 is 5.08. The van der Waals surface area contributed by atoms with Crippen LogP contribution in [0.5, 0.6) is 5.75 Å². The van der Waals surface area contributed by atoms with E-state index in [1.54, 1.807) is 37.4 Å². The Morgan fingerprint density at radius 1 is 1.04 bits per heavy atom. The number of methoxy groups -OCH3 is 1. The first-order valence-corrected chi connectivity index (χ1v) is 7.94. The van der Waals surface area contributed by atoms with Crippen LogP contribution in [0.2, 0.25) is 15.1 Å². The van der Waals surface area contributed by atoms with Crippen molar-refractivity contribution < 1.29 is 9.53 Å². The van der Waals surface area contributed by atoms with E-state index in [1.807, 2.05) is 6.07 Å². The van der Waals surface area contributed by atoms with E-state index < -0.39 is 0 Å². The molecule has 7 heteroatoms. The van der Waals surface area contributed by atoms with Crippen LogP contribution in [-0.4, -0.2) is 19.6 Å². The minimum atomic E-state index is -0.143. The summed E-state index contributed by atoms with van der Waals surface area (Å²) in [6.45, 7) is 0.461. The van der Waals surface area contributed by atoms with Crippen molar-refractivity contribution in [2.75, 3.05) is 24.3 Å². The summed E-state index contributed by atoms with van der Waals surface area (Å²) in [7, 11) is 1.56. The van der Waals surface area contributed by atoms with Gasteiger partial charge in [-0.25, -0.2) is 0 Å².